The number of hydrogen-bond acceptors (Lipinski definition) is 4. The summed E-state index contributed by atoms with van der Waals surface area (Å²) < 4.78 is 5.18. The molecule has 0 radical (unpaired) electrons. The largest absolute Gasteiger partial charge is 0.495 e. The van der Waals surface area contributed by atoms with E-state index in [4.69, 9.17) is 16.3 Å². The van der Waals surface area contributed by atoms with E-state index < -0.39 is 5.91 Å². The molecule has 2 N–H and O–H groups in total. The lowest BCUT2D eigenvalue weighted by Gasteiger charge is -2.11. The second-order valence-corrected chi connectivity index (χ2v) is 4.74. The number of nitrogens with one attached hydrogen (secondary N) is 2. The molecule has 1 aromatic heterocycles. The molecule has 0 fully saturated rings. The standard InChI is InChI=1S/C15H14ClN3O3/c1-17-14(20)9-3-4-13(22-2)11(7-9)19-15(21)12-8-10(16)5-6-18-12/h3-8H,1-2H3,(H,17,20)(H,19,21). The van der Waals surface area contributed by atoms with E-state index in [9.17, 15) is 9.59 Å². The number of carbonyl (C=O) groups excluding carboxylic acids is 2. The molecule has 0 aliphatic carbocycles. The molecule has 0 unspecified atom stereocenters. The third kappa shape index (κ3) is 3.53. The van der Waals surface area contributed by atoms with E-state index in [1.165, 1.54) is 32.5 Å². The maximum absolute atomic E-state index is 12.2. The van der Waals surface area contributed by atoms with Crippen LogP contribution in [0.2, 0.25) is 5.02 Å². The molecule has 0 spiro atoms. The third-order valence-corrected chi connectivity index (χ3v) is 3.13. The van der Waals surface area contributed by atoms with E-state index >= 15 is 0 Å². The zero-order valence-corrected chi connectivity index (χ0v) is 12.8. The first kappa shape index (κ1) is 15.8. The molecule has 1 aromatic carbocycles. The molecule has 114 valence electrons. The fourth-order valence-electron chi connectivity index (χ4n) is 1.81. The minimum Gasteiger partial charge on any atom is -0.495 e. The predicted octanol–water partition coefficient (Wildman–Crippen LogP) is 2.36. The van der Waals surface area contributed by atoms with E-state index in [2.05, 4.69) is 15.6 Å². The molecule has 0 atom stereocenters. The Labute approximate surface area is 132 Å². The second-order valence-electron chi connectivity index (χ2n) is 4.31. The third-order valence-electron chi connectivity index (χ3n) is 2.89. The van der Waals surface area contributed by atoms with E-state index in [0.717, 1.165) is 0 Å². The number of hydrogen-bond donors (Lipinski definition) is 2. The van der Waals surface area contributed by atoms with Gasteiger partial charge in [-0.05, 0) is 30.3 Å². The average molecular weight is 320 g/mol. The fourth-order valence-corrected chi connectivity index (χ4v) is 1.97. The second kappa shape index (κ2) is 6.91. The van der Waals surface area contributed by atoms with Gasteiger partial charge in [0, 0.05) is 23.8 Å². The first-order valence-corrected chi connectivity index (χ1v) is 6.76. The topological polar surface area (TPSA) is 80.3 Å². The number of pyridine rings is 1. The average Bonchev–Trinajstić information content (AvgIpc) is 2.54. The van der Waals surface area contributed by atoms with Crippen molar-refractivity contribution >= 4 is 29.1 Å². The predicted molar refractivity (Wildman–Crippen MR) is 83.6 cm³/mol. The van der Waals surface area contributed by atoms with Crippen LogP contribution in [0.25, 0.3) is 0 Å². The fraction of sp³-hybridized carbons (Fsp3) is 0.133. The number of nitrogens with zero attached hydrogens (tertiary/aromatic N) is 1. The first-order valence-electron chi connectivity index (χ1n) is 6.38. The molecular weight excluding hydrogens is 306 g/mol. The Morgan fingerprint density at radius 1 is 1.18 bits per heavy atom. The van der Waals surface area contributed by atoms with Crippen LogP contribution >= 0.6 is 11.6 Å². The Kier molecular flexibility index (Phi) is 4.95. The number of methoxy groups -OCH3 is 1. The summed E-state index contributed by atoms with van der Waals surface area (Å²) in [6.07, 6.45) is 1.44. The summed E-state index contributed by atoms with van der Waals surface area (Å²) in [6, 6.07) is 7.76. The normalized spacial score (nSPS) is 9.95. The van der Waals surface area contributed by atoms with Crippen molar-refractivity contribution in [2.45, 2.75) is 0 Å². The van der Waals surface area contributed by atoms with Crippen LogP contribution < -0.4 is 15.4 Å². The van der Waals surface area contributed by atoms with Gasteiger partial charge in [-0.2, -0.15) is 0 Å². The summed E-state index contributed by atoms with van der Waals surface area (Å²) in [4.78, 5) is 27.8. The van der Waals surface area contributed by atoms with Gasteiger partial charge in [0.25, 0.3) is 11.8 Å². The van der Waals surface area contributed by atoms with Crippen molar-refractivity contribution in [3.05, 3.63) is 52.8 Å². The molecule has 6 nitrogen and oxygen atoms in total. The molecule has 22 heavy (non-hydrogen) atoms. The molecule has 1 heterocycles. The van der Waals surface area contributed by atoms with Crippen molar-refractivity contribution in [1.29, 1.82) is 0 Å². The van der Waals surface area contributed by atoms with Gasteiger partial charge < -0.3 is 15.4 Å². The summed E-state index contributed by atoms with van der Waals surface area (Å²) >= 11 is 5.84. The summed E-state index contributed by atoms with van der Waals surface area (Å²) in [5.74, 6) is -0.281. The van der Waals surface area contributed by atoms with E-state index in [1.54, 1.807) is 18.2 Å². The summed E-state index contributed by atoms with van der Waals surface area (Å²) in [5.41, 5.74) is 0.938. The van der Waals surface area contributed by atoms with Gasteiger partial charge in [0.05, 0.1) is 12.8 Å². The summed E-state index contributed by atoms with van der Waals surface area (Å²) in [6.45, 7) is 0. The number of ether oxygens (including phenoxy) is 1. The van der Waals surface area contributed by atoms with E-state index in [0.29, 0.717) is 22.0 Å². The maximum atomic E-state index is 12.2. The van der Waals surface area contributed by atoms with Gasteiger partial charge in [-0.15, -0.1) is 0 Å². The minimum atomic E-state index is -0.449. The van der Waals surface area contributed by atoms with Crippen LogP contribution in [0.5, 0.6) is 5.75 Å². The quantitative estimate of drug-likeness (QED) is 0.906. The van der Waals surface area contributed by atoms with Crippen LogP contribution in [-0.4, -0.2) is 31.0 Å². The highest BCUT2D eigenvalue weighted by Crippen LogP contribution is 2.26. The Balaban J connectivity index is 2.31. The number of aromatic nitrogens is 1. The van der Waals surface area contributed by atoms with E-state index in [1.807, 2.05) is 0 Å². The van der Waals surface area contributed by atoms with Gasteiger partial charge >= 0.3 is 0 Å². The zero-order valence-electron chi connectivity index (χ0n) is 12.0. The molecule has 0 aliphatic heterocycles. The van der Waals surface area contributed by atoms with Crippen molar-refractivity contribution in [3.8, 4) is 5.75 Å². The number of carbonyl (C=O) groups is 2. The molecular formula is C15H14ClN3O3. The van der Waals surface area contributed by atoms with Crippen LogP contribution in [0.4, 0.5) is 5.69 Å². The highest BCUT2D eigenvalue weighted by molar-refractivity contribution is 6.31. The Hall–Kier alpha value is -2.60. The van der Waals surface area contributed by atoms with Crippen LogP contribution in [0, 0.1) is 0 Å². The number of benzene rings is 1. The molecule has 0 saturated carbocycles. The minimum absolute atomic E-state index is 0.167. The number of amides is 2. The monoisotopic (exact) mass is 319 g/mol. The number of halogens is 1. The molecule has 0 saturated heterocycles. The smallest absolute Gasteiger partial charge is 0.274 e. The van der Waals surface area contributed by atoms with Gasteiger partial charge in [-0.3, -0.25) is 14.6 Å². The summed E-state index contributed by atoms with van der Waals surface area (Å²) in [5, 5.41) is 5.58. The highest BCUT2D eigenvalue weighted by Gasteiger charge is 2.14. The zero-order chi connectivity index (χ0) is 16.1. The highest BCUT2D eigenvalue weighted by atomic mass is 35.5. The van der Waals surface area contributed by atoms with Crippen molar-refractivity contribution in [3.63, 3.8) is 0 Å². The van der Waals surface area contributed by atoms with Crippen LogP contribution in [0.3, 0.4) is 0 Å². The summed E-state index contributed by atoms with van der Waals surface area (Å²) in [7, 11) is 3.00. The van der Waals surface area contributed by atoms with Gasteiger partial charge in [-0.1, -0.05) is 11.6 Å². The Morgan fingerprint density at radius 3 is 2.59 bits per heavy atom. The lowest BCUT2D eigenvalue weighted by atomic mass is 10.1. The number of rotatable bonds is 4. The number of anilines is 1. The molecule has 2 rings (SSSR count). The molecule has 2 amide bonds. The SMILES string of the molecule is CNC(=O)c1ccc(OC)c(NC(=O)c2cc(Cl)ccn2)c1. The Morgan fingerprint density at radius 2 is 1.95 bits per heavy atom. The van der Waals surface area contributed by atoms with Gasteiger partial charge in [0.15, 0.2) is 0 Å². The first-order chi connectivity index (χ1) is 10.5. The van der Waals surface area contributed by atoms with Crippen LogP contribution in [-0.2, 0) is 0 Å². The van der Waals surface area contributed by atoms with Crippen molar-refractivity contribution in [2.75, 3.05) is 19.5 Å². The molecule has 2 aromatic rings. The molecule has 0 aliphatic rings. The van der Waals surface area contributed by atoms with Crippen molar-refractivity contribution in [1.82, 2.24) is 10.3 Å². The maximum Gasteiger partial charge on any atom is 0.274 e. The lowest BCUT2D eigenvalue weighted by Crippen LogP contribution is -2.19. The molecule has 7 heteroatoms. The van der Waals surface area contributed by atoms with Crippen molar-refractivity contribution in [2.24, 2.45) is 0 Å². The lowest BCUT2D eigenvalue weighted by molar-refractivity contribution is 0.0961. The molecule has 0 bridgehead atoms. The van der Waals surface area contributed by atoms with Crippen molar-refractivity contribution < 1.29 is 14.3 Å². The van der Waals surface area contributed by atoms with Gasteiger partial charge in [-0.25, -0.2) is 0 Å². The Bertz CT molecular complexity index is 719. The van der Waals surface area contributed by atoms with E-state index in [-0.39, 0.29) is 11.6 Å². The van der Waals surface area contributed by atoms with Crippen LogP contribution in [0.15, 0.2) is 36.5 Å². The van der Waals surface area contributed by atoms with Gasteiger partial charge in [0.2, 0.25) is 0 Å². The van der Waals surface area contributed by atoms with Gasteiger partial charge in [0.1, 0.15) is 11.4 Å². The van der Waals surface area contributed by atoms with Crippen LogP contribution in [0.1, 0.15) is 20.8 Å².